The Balaban J connectivity index is 1.70. The molecule has 9 heteroatoms. The molecule has 2 aliphatic rings. The number of halogens is 1. The van der Waals surface area contributed by atoms with E-state index in [9.17, 15) is 9.46 Å². The van der Waals surface area contributed by atoms with Gasteiger partial charge in [0.1, 0.15) is 17.3 Å². The van der Waals surface area contributed by atoms with E-state index in [1.54, 1.807) is 6.07 Å². The van der Waals surface area contributed by atoms with Gasteiger partial charge in [-0.2, -0.15) is 0 Å². The number of benzene rings is 2. The molecule has 27 heavy (non-hydrogen) atoms. The monoisotopic (exact) mass is 407 g/mol. The Morgan fingerprint density at radius 1 is 1.15 bits per heavy atom. The van der Waals surface area contributed by atoms with Crippen molar-refractivity contribution < 1.29 is 18.7 Å². The van der Waals surface area contributed by atoms with Crippen LogP contribution in [0, 0.1) is 0 Å². The van der Waals surface area contributed by atoms with E-state index in [-0.39, 0.29) is 0 Å². The molecule has 1 unspecified atom stereocenters. The van der Waals surface area contributed by atoms with Gasteiger partial charge in [0.15, 0.2) is 5.75 Å². The Kier molecular flexibility index (Phi) is 4.97. The molecule has 0 aliphatic carbocycles. The van der Waals surface area contributed by atoms with Crippen LogP contribution in [0.3, 0.4) is 0 Å². The molecule has 2 aliphatic heterocycles. The quantitative estimate of drug-likeness (QED) is 0.761. The van der Waals surface area contributed by atoms with Crippen molar-refractivity contribution in [2.45, 2.75) is 0 Å². The Labute approximate surface area is 162 Å². The van der Waals surface area contributed by atoms with Crippen LogP contribution in [0.1, 0.15) is 5.56 Å². The fourth-order valence-corrected chi connectivity index (χ4v) is 4.30. The third-order valence-electron chi connectivity index (χ3n) is 4.64. The zero-order chi connectivity index (χ0) is 19.0. The number of hydrogen-bond acceptors (Lipinski definition) is 5. The van der Waals surface area contributed by atoms with Crippen LogP contribution in [0.25, 0.3) is 0 Å². The number of ether oxygens (including phenoxy) is 1. The fourth-order valence-electron chi connectivity index (χ4n) is 3.21. The maximum Gasteiger partial charge on any atom is 0.405 e. The Morgan fingerprint density at radius 2 is 1.89 bits per heavy atom. The highest BCUT2D eigenvalue weighted by atomic mass is 35.5. The largest absolute Gasteiger partial charge is 0.454 e. The van der Waals surface area contributed by atoms with E-state index >= 15 is 0 Å². The maximum atomic E-state index is 12.1. The van der Waals surface area contributed by atoms with Crippen molar-refractivity contribution in [2.75, 3.05) is 33.3 Å². The van der Waals surface area contributed by atoms with Gasteiger partial charge in [-0.15, -0.1) is 0 Å². The van der Waals surface area contributed by atoms with Gasteiger partial charge in [0.25, 0.3) is 0 Å². The summed E-state index contributed by atoms with van der Waals surface area (Å²) in [6.45, 7) is 1.83. The van der Waals surface area contributed by atoms with Crippen molar-refractivity contribution in [2.24, 2.45) is 4.99 Å². The van der Waals surface area contributed by atoms with E-state index in [1.807, 2.05) is 36.4 Å². The summed E-state index contributed by atoms with van der Waals surface area (Å²) in [5.41, 5.74) is 1.53. The molecule has 2 aromatic carbocycles. The second-order valence-corrected chi connectivity index (χ2v) is 8.61. The van der Waals surface area contributed by atoms with Gasteiger partial charge >= 0.3 is 7.75 Å². The number of piperazine rings is 1. The summed E-state index contributed by atoms with van der Waals surface area (Å²) in [5.74, 6) is 2.09. The van der Waals surface area contributed by atoms with Gasteiger partial charge in [0.05, 0.1) is 5.56 Å². The number of fused-ring (bicyclic) bond motifs is 2. The standard InChI is InChI=1S/C18H19ClN3O4P/c1-25-27(23,24)22-10-8-21(9-11-22)18-14-12-13(19)6-7-16(14)26-17-5-3-2-4-15(17)20-18/h2-7,12H,8-11H2,1H3,(H,23,24). The van der Waals surface area contributed by atoms with Gasteiger partial charge < -0.3 is 19.1 Å². The molecule has 1 N–H and O–H groups in total. The highest BCUT2D eigenvalue weighted by Gasteiger charge is 2.33. The highest BCUT2D eigenvalue weighted by Crippen LogP contribution is 2.46. The van der Waals surface area contributed by atoms with Gasteiger partial charge in [-0.1, -0.05) is 23.7 Å². The predicted molar refractivity (Wildman–Crippen MR) is 104 cm³/mol. The average molecular weight is 408 g/mol. The normalized spacial score (nSPS) is 19.2. The molecule has 2 aromatic rings. The van der Waals surface area contributed by atoms with Gasteiger partial charge in [0.2, 0.25) is 0 Å². The zero-order valence-electron chi connectivity index (χ0n) is 14.7. The van der Waals surface area contributed by atoms with E-state index in [0.29, 0.717) is 42.7 Å². The molecule has 0 amide bonds. The lowest BCUT2D eigenvalue weighted by Crippen LogP contribution is -2.47. The molecule has 0 aromatic heterocycles. The smallest absolute Gasteiger partial charge is 0.405 e. The summed E-state index contributed by atoms with van der Waals surface area (Å²) in [4.78, 5) is 16.8. The number of aliphatic imine (C=N–C) groups is 1. The summed E-state index contributed by atoms with van der Waals surface area (Å²) < 4.78 is 24.3. The summed E-state index contributed by atoms with van der Waals surface area (Å²) >= 11 is 6.22. The first-order valence-corrected chi connectivity index (χ1v) is 10.4. The van der Waals surface area contributed by atoms with E-state index in [2.05, 4.69) is 4.90 Å². The van der Waals surface area contributed by atoms with E-state index in [4.69, 9.17) is 25.9 Å². The Hall–Kier alpha value is -1.89. The second-order valence-electron chi connectivity index (χ2n) is 6.26. The molecule has 142 valence electrons. The molecule has 1 atom stereocenters. The van der Waals surface area contributed by atoms with Crippen LogP contribution in [0.4, 0.5) is 5.69 Å². The van der Waals surface area contributed by atoms with Crippen molar-refractivity contribution in [3.05, 3.63) is 53.1 Å². The molecule has 1 saturated heterocycles. The van der Waals surface area contributed by atoms with Crippen molar-refractivity contribution in [1.82, 2.24) is 9.57 Å². The van der Waals surface area contributed by atoms with Crippen LogP contribution in [0.15, 0.2) is 47.5 Å². The van der Waals surface area contributed by atoms with Crippen molar-refractivity contribution in [3.63, 3.8) is 0 Å². The number of rotatable bonds is 2. The minimum absolute atomic E-state index is 0.388. The van der Waals surface area contributed by atoms with E-state index in [1.165, 1.54) is 11.8 Å². The van der Waals surface area contributed by atoms with Crippen molar-refractivity contribution >= 4 is 30.9 Å². The molecule has 4 rings (SSSR count). The summed E-state index contributed by atoms with van der Waals surface area (Å²) in [7, 11) is -2.49. The van der Waals surface area contributed by atoms with Crippen LogP contribution < -0.4 is 4.74 Å². The minimum Gasteiger partial charge on any atom is -0.454 e. The summed E-state index contributed by atoms with van der Waals surface area (Å²) in [6, 6.07) is 13.0. The SMILES string of the molecule is COP(=O)(O)N1CCN(C2=Nc3ccccc3Oc3ccc(Cl)cc32)CC1. The molecular formula is C18H19ClN3O4P. The average Bonchev–Trinajstić information content (AvgIpc) is 2.84. The van der Waals surface area contributed by atoms with Crippen molar-refractivity contribution in [1.29, 1.82) is 0 Å². The number of para-hydroxylation sites is 2. The summed E-state index contributed by atoms with van der Waals surface area (Å²) in [6.07, 6.45) is 0. The second kappa shape index (κ2) is 7.26. The van der Waals surface area contributed by atoms with Crippen LogP contribution in [-0.2, 0) is 9.09 Å². The van der Waals surface area contributed by atoms with E-state index in [0.717, 1.165) is 17.1 Å². The van der Waals surface area contributed by atoms with Gasteiger partial charge in [-0.05, 0) is 30.3 Å². The van der Waals surface area contributed by atoms with Gasteiger partial charge in [0, 0.05) is 38.3 Å². The zero-order valence-corrected chi connectivity index (χ0v) is 16.4. The topological polar surface area (TPSA) is 74.6 Å². The first-order chi connectivity index (χ1) is 13.0. The van der Waals surface area contributed by atoms with Crippen LogP contribution >= 0.6 is 19.3 Å². The molecule has 2 heterocycles. The predicted octanol–water partition coefficient (Wildman–Crippen LogP) is 3.89. The van der Waals surface area contributed by atoms with Crippen LogP contribution in [-0.4, -0.2) is 53.6 Å². The molecule has 0 saturated carbocycles. The summed E-state index contributed by atoms with van der Waals surface area (Å²) in [5, 5.41) is 0.592. The molecule has 0 spiro atoms. The van der Waals surface area contributed by atoms with Gasteiger partial charge in [-0.25, -0.2) is 14.2 Å². The molecule has 0 bridgehead atoms. The minimum atomic E-state index is -3.73. The lowest BCUT2D eigenvalue weighted by Gasteiger charge is -2.37. The number of amidine groups is 1. The molecule has 1 fully saturated rings. The molecule has 7 nitrogen and oxygen atoms in total. The molecule has 0 radical (unpaired) electrons. The lowest BCUT2D eigenvalue weighted by atomic mass is 10.1. The first-order valence-electron chi connectivity index (χ1n) is 8.52. The molecular weight excluding hydrogens is 389 g/mol. The van der Waals surface area contributed by atoms with E-state index < -0.39 is 7.75 Å². The Morgan fingerprint density at radius 3 is 2.63 bits per heavy atom. The lowest BCUT2D eigenvalue weighted by molar-refractivity contribution is 0.192. The van der Waals surface area contributed by atoms with Gasteiger partial charge in [-0.3, -0.25) is 0 Å². The maximum absolute atomic E-state index is 12.1. The Bertz CT molecular complexity index is 944. The third kappa shape index (κ3) is 3.61. The number of hydrogen-bond donors (Lipinski definition) is 1. The van der Waals surface area contributed by atoms with Crippen molar-refractivity contribution in [3.8, 4) is 11.5 Å². The van der Waals surface area contributed by atoms with Crippen LogP contribution in [0.5, 0.6) is 11.5 Å². The first kappa shape index (κ1) is 18.5. The van der Waals surface area contributed by atoms with Crippen LogP contribution in [0.2, 0.25) is 5.02 Å². The highest BCUT2D eigenvalue weighted by molar-refractivity contribution is 7.50. The number of nitrogens with zero attached hydrogens (tertiary/aromatic N) is 3. The third-order valence-corrected chi connectivity index (χ3v) is 6.47. The fraction of sp³-hybridized carbons (Fsp3) is 0.278.